The van der Waals surface area contributed by atoms with E-state index in [0.29, 0.717) is 12.4 Å². The molecule has 2 N–H and O–H groups in total. The molecule has 0 aliphatic carbocycles. The summed E-state index contributed by atoms with van der Waals surface area (Å²) in [6, 6.07) is 4.45. The Morgan fingerprint density at radius 1 is 1.38 bits per heavy atom. The topological polar surface area (TPSA) is 84.9 Å². The van der Waals surface area contributed by atoms with Crippen molar-refractivity contribution in [2.45, 2.75) is 32.8 Å². The van der Waals surface area contributed by atoms with Crippen molar-refractivity contribution in [3.05, 3.63) is 23.8 Å². The van der Waals surface area contributed by atoms with Crippen molar-refractivity contribution >= 4 is 17.6 Å². The molecular weight excluding hydrogens is 274 g/mol. The van der Waals surface area contributed by atoms with Gasteiger partial charge in [-0.15, -0.1) is 0 Å². The molecule has 6 heteroatoms. The zero-order chi connectivity index (χ0) is 15.8. The highest BCUT2D eigenvalue weighted by Crippen LogP contribution is 2.22. The highest BCUT2D eigenvalue weighted by molar-refractivity contribution is 6.02. The van der Waals surface area contributed by atoms with E-state index in [1.807, 2.05) is 6.92 Å². The number of hydrogen-bond acceptors (Lipinski definition) is 4. The molecule has 0 aliphatic rings. The van der Waals surface area contributed by atoms with E-state index in [9.17, 15) is 14.7 Å². The Morgan fingerprint density at radius 2 is 2.10 bits per heavy atom. The van der Waals surface area contributed by atoms with Crippen LogP contribution in [0.4, 0.5) is 5.69 Å². The van der Waals surface area contributed by atoms with Gasteiger partial charge >= 0.3 is 5.97 Å². The van der Waals surface area contributed by atoms with Gasteiger partial charge in [0.15, 0.2) is 0 Å². The lowest BCUT2D eigenvalue weighted by molar-refractivity contribution is -0.126. The second kappa shape index (κ2) is 8.26. The first kappa shape index (κ1) is 17.0. The van der Waals surface area contributed by atoms with E-state index >= 15 is 0 Å². The number of amides is 1. The quantitative estimate of drug-likeness (QED) is 0.720. The second-order valence-electron chi connectivity index (χ2n) is 4.57. The van der Waals surface area contributed by atoms with Crippen molar-refractivity contribution in [1.82, 2.24) is 0 Å². The first-order chi connectivity index (χ1) is 9.99. The van der Waals surface area contributed by atoms with Crippen LogP contribution in [0.3, 0.4) is 0 Å². The van der Waals surface area contributed by atoms with Crippen molar-refractivity contribution in [3.8, 4) is 5.75 Å². The summed E-state index contributed by atoms with van der Waals surface area (Å²) in [5.74, 6) is -1.10. The standard InChI is InChI=1S/C15H21NO5/c1-4-5-8-21-10(2)14(17)16-13-7-6-11(20-3)9-12(13)15(18)19/h6-7,9-10H,4-5,8H2,1-3H3,(H,16,17)(H,18,19). The number of aromatic carboxylic acids is 1. The van der Waals surface area contributed by atoms with Crippen molar-refractivity contribution in [1.29, 1.82) is 0 Å². The van der Waals surface area contributed by atoms with Crippen molar-refractivity contribution < 1.29 is 24.2 Å². The maximum Gasteiger partial charge on any atom is 0.337 e. The number of carbonyl (C=O) groups excluding carboxylic acids is 1. The molecule has 1 amide bonds. The number of carboxylic acid groups (broad SMARTS) is 1. The fourth-order valence-corrected chi connectivity index (χ4v) is 1.65. The predicted octanol–water partition coefficient (Wildman–Crippen LogP) is 2.54. The molecule has 1 aromatic carbocycles. The first-order valence-electron chi connectivity index (χ1n) is 6.83. The molecule has 0 bridgehead atoms. The molecule has 0 heterocycles. The Morgan fingerprint density at radius 3 is 2.67 bits per heavy atom. The van der Waals surface area contributed by atoms with Crippen LogP contribution < -0.4 is 10.1 Å². The zero-order valence-corrected chi connectivity index (χ0v) is 12.5. The van der Waals surface area contributed by atoms with E-state index in [1.54, 1.807) is 13.0 Å². The van der Waals surface area contributed by atoms with Gasteiger partial charge < -0.3 is 19.9 Å². The number of anilines is 1. The fraction of sp³-hybridized carbons (Fsp3) is 0.467. The Bertz CT molecular complexity index is 501. The average Bonchev–Trinajstić information content (AvgIpc) is 2.47. The molecule has 1 aromatic rings. The van der Waals surface area contributed by atoms with Gasteiger partial charge in [-0.1, -0.05) is 13.3 Å². The Labute approximate surface area is 124 Å². The van der Waals surface area contributed by atoms with Gasteiger partial charge in [0.1, 0.15) is 11.9 Å². The number of ether oxygens (including phenoxy) is 2. The third kappa shape index (κ3) is 5.07. The number of benzene rings is 1. The molecule has 0 aromatic heterocycles. The SMILES string of the molecule is CCCCOC(C)C(=O)Nc1ccc(OC)cc1C(=O)O. The van der Waals surface area contributed by atoms with Crippen molar-refractivity contribution in [2.24, 2.45) is 0 Å². The Kier molecular flexibility index (Phi) is 6.68. The number of hydrogen-bond donors (Lipinski definition) is 2. The third-order valence-electron chi connectivity index (χ3n) is 2.95. The number of carbonyl (C=O) groups is 2. The Hall–Kier alpha value is -2.08. The molecule has 0 radical (unpaired) electrons. The molecule has 0 aliphatic heterocycles. The van der Waals surface area contributed by atoms with Crippen LogP contribution in [0.2, 0.25) is 0 Å². The summed E-state index contributed by atoms with van der Waals surface area (Å²) < 4.78 is 10.4. The number of methoxy groups -OCH3 is 1. The lowest BCUT2D eigenvalue weighted by Gasteiger charge is -2.15. The minimum absolute atomic E-state index is 0.0246. The van der Waals surface area contributed by atoms with Gasteiger partial charge in [-0.05, 0) is 31.5 Å². The van der Waals surface area contributed by atoms with Gasteiger partial charge in [0.05, 0.1) is 18.4 Å². The minimum Gasteiger partial charge on any atom is -0.497 e. The monoisotopic (exact) mass is 295 g/mol. The van der Waals surface area contributed by atoms with Crippen molar-refractivity contribution in [3.63, 3.8) is 0 Å². The van der Waals surface area contributed by atoms with E-state index < -0.39 is 12.1 Å². The second-order valence-corrected chi connectivity index (χ2v) is 4.57. The summed E-state index contributed by atoms with van der Waals surface area (Å²) >= 11 is 0. The van der Waals surface area contributed by atoms with Crippen LogP contribution in [-0.4, -0.2) is 36.8 Å². The third-order valence-corrected chi connectivity index (χ3v) is 2.95. The number of nitrogens with one attached hydrogen (secondary N) is 1. The molecule has 0 saturated carbocycles. The van der Waals surface area contributed by atoms with Crippen LogP contribution in [0.15, 0.2) is 18.2 Å². The summed E-state index contributed by atoms with van der Waals surface area (Å²) in [5, 5.41) is 11.7. The van der Waals surface area contributed by atoms with E-state index in [0.717, 1.165) is 12.8 Å². The van der Waals surface area contributed by atoms with Gasteiger partial charge in [0.25, 0.3) is 5.91 Å². The summed E-state index contributed by atoms with van der Waals surface area (Å²) in [6.45, 7) is 4.17. The molecule has 0 saturated heterocycles. The molecule has 116 valence electrons. The van der Waals surface area contributed by atoms with Crippen LogP contribution in [0.1, 0.15) is 37.0 Å². The number of carboxylic acids is 1. The normalized spacial score (nSPS) is 11.8. The zero-order valence-electron chi connectivity index (χ0n) is 12.5. The molecular formula is C15H21NO5. The van der Waals surface area contributed by atoms with Gasteiger partial charge in [0, 0.05) is 6.61 Å². The van der Waals surface area contributed by atoms with Gasteiger partial charge in [-0.25, -0.2) is 4.79 Å². The highest BCUT2D eigenvalue weighted by atomic mass is 16.5. The van der Waals surface area contributed by atoms with Crippen molar-refractivity contribution in [2.75, 3.05) is 19.0 Å². The van der Waals surface area contributed by atoms with Gasteiger partial charge in [-0.2, -0.15) is 0 Å². The molecule has 1 rings (SSSR count). The molecule has 21 heavy (non-hydrogen) atoms. The summed E-state index contributed by atoms with van der Waals surface area (Å²) in [5.41, 5.74) is 0.197. The molecule has 6 nitrogen and oxygen atoms in total. The number of rotatable bonds is 8. The lowest BCUT2D eigenvalue weighted by Crippen LogP contribution is -2.28. The maximum absolute atomic E-state index is 12.0. The minimum atomic E-state index is -1.14. The number of unbranched alkanes of at least 4 members (excludes halogenated alkanes) is 1. The van der Waals surface area contributed by atoms with Crippen LogP contribution in [0.5, 0.6) is 5.75 Å². The molecule has 0 spiro atoms. The highest BCUT2D eigenvalue weighted by Gasteiger charge is 2.18. The fourth-order valence-electron chi connectivity index (χ4n) is 1.65. The van der Waals surface area contributed by atoms with E-state index in [1.165, 1.54) is 19.2 Å². The molecule has 1 atom stereocenters. The largest absolute Gasteiger partial charge is 0.497 e. The van der Waals surface area contributed by atoms with Crippen LogP contribution in [0, 0.1) is 0 Å². The summed E-state index contributed by atoms with van der Waals surface area (Å²) in [4.78, 5) is 23.2. The first-order valence-corrected chi connectivity index (χ1v) is 6.83. The summed E-state index contributed by atoms with van der Waals surface area (Å²) in [6.07, 6.45) is 1.22. The maximum atomic E-state index is 12.0. The smallest absolute Gasteiger partial charge is 0.337 e. The van der Waals surface area contributed by atoms with Gasteiger partial charge in [-0.3, -0.25) is 4.79 Å². The molecule has 0 fully saturated rings. The summed E-state index contributed by atoms with van der Waals surface area (Å²) in [7, 11) is 1.45. The van der Waals surface area contributed by atoms with Gasteiger partial charge in [0.2, 0.25) is 0 Å². The van der Waals surface area contributed by atoms with E-state index in [2.05, 4.69) is 5.32 Å². The predicted molar refractivity (Wildman–Crippen MR) is 78.9 cm³/mol. The van der Waals surface area contributed by atoms with Crippen LogP contribution >= 0.6 is 0 Å². The average molecular weight is 295 g/mol. The lowest BCUT2D eigenvalue weighted by atomic mass is 10.1. The Balaban J connectivity index is 2.77. The van der Waals surface area contributed by atoms with Crippen LogP contribution in [-0.2, 0) is 9.53 Å². The van der Waals surface area contributed by atoms with E-state index in [-0.39, 0.29) is 17.2 Å². The molecule has 1 unspecified atom stereocenters. The van der Waals surface area contributed by atoms with E-state index in [4.69, 9.17) is 9.47 Å². The van der Waals surface area contributed by atoms with Crippen LogP contribution in [0.25, 0.3) is 0 Å².